The molecule has 0 saturated heterocycles. The Labute approximate surface area is 239 Å². The van der Waals surface area contributed by atoms with E-state index in [9.17, 15) is 0 Å². The van der Waals surface area contributed by atoms with E-state index in [2.05, 4.69) is 38.3 Å². The lowest BCUT2D eigenvalue weighted by molar-refractivity contribution is 0.807. The van der Waals surface area contributed by atoms with Gasteiger partial charge in [-0.2, -0.15) is 5.10 Å². The van der Waals surface area contributed by atoms with Gasteiger partial charge in [-0.05, 0) is 76.8 Å². The van der Waals surface area contributed by atoms with Gasteiger partial charge in [0.1, 0.15) is 10.7 Å². The summed E-state index contributed by atoms with van der Waals surface area (Å²) in [7, 11) is 0. The fraction of sp³-hybridized carbons (Fsp3) is 0.115. The Balaban J connectivity index is 1.48. The molecular weight excluding hydrogens is 622 g/mol. The number of benzene rings is 3. The van der Waals surface area contributed by atoms with E-state index in [1.54, 1.807) is 28.2 Å². The molecule has 0 bridgehead atoms. The van der Waals surface area contributed by atoms with Crippen LogP contribution in [0.3, 0.4) is 0 Å². The highest BCUT2D eigenvalue weighted by molar-refractivity contribution is 9.10. The van der Waals surface area contributed by atoms with E-state index >= 15 is 0 Å². The van der Waals surface area contributed by atoms with Crippen molar-refractivity contribution in [2.75, 3.05) is 0 Å². The summed E-state index contributed by atoms with van der Waals surface area (Å²) < 4.78 is 2.59. The first-order valence-corrected chi connectivity index (χ1v) is 14.1. The highest BCUT2D eigenvalue weighted by atomic mass is 79.9. The first-order valence-electron chi connectivity index (χ1n) is 11.0. The van der Waals surface area contributed by atoms with Gasteiger partial charge in [-0.1, -0.05) is 82.0 Å². The van der Waals surface area contributed by atoms with Crippen molar-refractivity contribution in [3.8, 4) is 27.6 Å². The number of halogens is 5. The van der Waals surface area contributed by atoms with Crippen LogP contribution in [0.25, 0.3) is 27.6 Å². The molecule has 0 unspecified atom stereocenters. The Kier molecular flexibility index (Phi) is 6.39. The lowest BCUT2D eigenvalue weighted by Crippen LogP contribution is -2.07. The minimum absolute atomic E-state index is 0.117. The number of rotatable bonds is 5. The Bertz CT molecular complexity index is 1590. The van der Waals surface area contributed by atoms with Crippen LogP contribution in [0.1, 0.15) is 23.4 Å². The molecule has 3 aromatic carbocycles. The zero-order valence-corrected chi connectivity index (χ0v) is 23.8. The second-order valence-corrected chi connectivity index (χ2v) is 12.0. The molecule has 4 nitrogen and oxygen atoms in total. The summed E-state index contributed by atoms with van der Waals surface area (Å²) in [6.07, 6.45) is 2.05. The Hall–Kier alpha value is -1.93. The predicted octanol–water partition coefficient (Wildman–Crippen LogP) is 9.51. The fourth-order valence-corrected chi connectivity index (χ4v) is 6.89. The molecule has 6 rings (SSSR count). The van der Waals surface area contributed by atoms with E-state index < -0.39 is 0 Å². The van der Waals surface area contributed by atoms with Crippen LogP contribution in [-0.4, -0.2) is 20.0 Å². The van der Waals surface area contributed by atoms with Crippen molar-refractivity contribution in [1.29, 1.82) is 0 Å². The second kappa shape index (κ2) is 9.43. The van der Waals surface area contributed by atoms with E-state index in [-0.39, 0.29) is 5.41 Å². The molecular formula is C26H15BrCl4N4S. The number of hydrogen-bond donors (Lipinski definition) is 0. The van der Waals surface area contributed by atoms with Crippen LogP contribution in [0.2, 0.25) is 20.1 Å². The lowest BCUT2D eigenvalue weighted by atomic mass is 9.97. The number of nitrogens with zero attached hydrogens (tertiary/aromatic N) is 4. The summed E-state index contributed by atoms with van der Waals surface area (Å²) in [5.41, 5.74) is 4.20. The fourth-order valence-electron chi connectivity index (χ4n) is 4.25. The van der Waals surface area contributed by atoms with Crippen LogP contribution < -0.4 is 0 Å². The highest BCUT2D eigenvalue weighted by Gasteiger charge is 2.49. The van der Waals surface area contributed by atoms with Crippen molar-refractivity contribution in [3.05, 3.63) is 102 Å². The molecule has 36 heavy (non-hydrogen) atoms. The molecule has 0 N–H and O–H groups in total. The Morgan fingerprint density at radius 2 is 1.44 bits per heavy atom. The molecule has 0 radical (unpaired) electrons. The maximum absolute atomic E-state index is 6.59. The first kappa shape index (κ1) is 24.4. The van der Waals surface area contributed by atoms with Gasteiger partial charge in [0, 0.05) is 26.0 Å². The molecule has 0 spiro atoms. The van der Waals surface area contributed by atoms with Crippen molar-refractivity contribution in [1.82, 2.24) is 20.0 Å². The molecule has 1 aliphatic carbocycles. The van der Waals surface area contributed by atoms with Gasteiger partial charge in [0.15, 0.2) is 5.01 Å². The zero-order valence-electron chi connectivity index (χ0n) is 18.4. The highest BCUT2D eigenvalue weighted by Crippen LogP contribution is 2.55. The third-order valence-electron chi connectivity index (χ3n) is 6.27. The van der Waals surface area contributed by atoms with Gasteiger partial charge in [-0.25, -0.2) is 4.68 Å². The van der Waals surface area contributed by atoms with Crippen LogP contribution in [0, 0.1) is 0 Å². The van der Waals surface area contributed by atoms with Gasteiger partial charge in [0.25, 0.3) is 0 Å². The van der Waals surface area contributed by atoms with E-state index in [1.807, 2.05) is 42.5 Å². The van der Waals surface area contributed by atoms with E-state index in [1.165, 1.54) is 5.56 Å². The van der Waals surface area contributed by atoms with Crippen molar-refractivity contribution in [2.45, 2.75) is 18.3 Å². The van der Waals surface area contributed by atoms with Crippen molar-refractivity contribution < 1.29 is 0 Å². The molecule has 180 valence electrons. The molecule has 10 heteroatoms. The summed E-state index contributed by atoms with van der Waals surface area (Å²) >= 11 is 30.4. The largest absolute Gasteiger partial charge is 0.230 e. The third kappa shape index (κ3) is 4.28. The molecule has 1 saturated carbocycles. The van der Waals surface area contributed by atoms with Gasteiger partial charge in [-0.3, -0.25) is 0 Å². The summed E-state index contributed by atoms with van der Waals surface area (Å²) in [4.78, 5) is 0. The number of aromatic nitrogens is 4. The van der Waals surface area contributed by atoms with E-state index in [0.717, 1.165) is 43.6 Å². The quantitative estimate of drug-likeness (QED) is 0.193. The van der Waals surface area contributed by atoms with Gasteiger partial charge in [-0.15, -0.1) is 10.2 Å². The van der Waals surface area contributed by atoms with Gasteiger partial charge in [0.2, 0.25) is 0 Å². The molecule has 5 aromatic rings. The van der Waals surface area contributed by atoms with E-state index in [0.29, 0.717) is 26.4 Å². The average Bonchev–Trinajstić information content (AvgIpc) is 3.39. The van der Waals surface area contributed by atoms with Crippen LogP contribution >= 0.6 is 73.7 Å². The van der Waals surface area contributed by atoms with Crippen LogP contribution in [0.5, 0.6) is 0 Å². The Morgan fingerprint density at radius 1 is 0.806 bits per heavy atom. The zero-order chi connectivity index (χ0) is 25.0. The van der Waals surface area contributed by atoms with Gasteiger partial charge >= 0.3 is 0 Å². The first-order chi connectivity index (χ1) is 17.4. The van der Waals surface area contributed by atoms with Crippen LogP contribution in [0.4, 0.5) is 0 Å². The predicted molar refractivity (Wildman–Crippen MR) is 152 cm³/mol. The van der Waals surface area contributed by atoms with Crippen LogP contribution in [0.15, 0.2) is 71.2 Å². The summed E-state index contributed by atoms with van der Waals surface area (Å²) in [6.45, 7) is 0. The molecule has 1 fully saturated rings. The monoisotopic (exact) mass is 634 g/mol. The van der Waals surface area contributed by atoms with Crippen molar-refractivity contribution in [2.24, 2.45) is 0 Å². The standard InChI is InChI=1S/C26H15BrCl4N4S/c27-21-22(24-32-33-25(36-24)26(11-12-26)15-3-7-17(29)8-4-15)34-35(20-10-9-18(30)13-19(20)31)23(21)14-1-5-16(28)6-2-14/h1-10,13H,11-12H2. The second-order valence-electron chi connectivity index (χ2n) is 8.53. The molecule has 2 heterocycles. The molecule has 0 amide bonds. The maximum Gasteiger partial charge on any atom is 0.169 e. The lowest BCUT2D eigenvalue weighted by Gasteiger charge is -2.11. The molecule has 1 aliphatic rings. The van der Waals surface area contributed by atoms with Crippen molar-refractivity contribution in [3.63, 3.8) is 0 Å². The SMILES string of the molecule is Clc1ccc(-c2c(Br)c(-c3nnc(C4(c5ccc(Cl)cc5)CC4)s3)nn2-c2ccc(Cl)cc2Cl)cc1. The van der Waals surface area contributed by atoms with E-state index in [4.69, 9.17) is 51.5 Å². The third-order valence-corrected chi connectivity index (χ3v) is 9.19. The normalized spacial score (nSPS) is 14.2. The molecule has 0 aliphatic heterocycles. The maximum atomic E-state index is 6.59. The topological polar surface area (TPSA) is 43.6 Å². The molecule has 2 aromatic heterocycles. The van der Waals surface area contributed by atoms with Gasteiger partial charge in [0.05, 0.1) is 20.9 Å². The summed E-state index contributed by atoms with van der Waals surface area (Å²) in [5.74, 6) is 0. The molecule has 0 atom stereocenters. The van der Waals surface area contributed by atoms with Crippen molar-refractivity contribution >= 4 is 73.7 Å². The minimum Gasteiger partial charge on any atom is -0.230 e. The average molecular weight is 637 g/mol. The minimum atomic E-state index is -0.117. The summed E-state index contributed by atoms with van der Waals surface area (Å²) in [5, 5.41) is 18.2. The Morgan fingerprint density at radius 3 is 2.08 bits per heavy atom. The smallest absolute Gasteiger partial charge is 0.169 e. The summed E-state index contributed by atoms with van der Waals surface area (Å²) in [6, 6.07) is 20.9. The van der Waals surface area contributed by atoms with Crippen LogP contribution in [-0.2, 0) is 5.41 Å². The number of hydrogen-bond acceptors (Lipinski definition) is 4. The van der Waals surface area contributed by atoms with Gasteiger partial charge < -0.3 is 0 Å².